The fourth-order valence-corrected chi connectivity index (χ4v) is 2.97. The zero-order valence-corrected chi connectivity index (χ0v) is 9.23. The van der Waals surface area contributed by atoms with Crippen LogP contribution in [-0.4, -0.2) is 0 Å². The summed E-state index contributed by atoms with van der Waals surface area (Å²) in [5, 5.41) is 1.40. The molecular weight excluding hydrogens is 190 g/mol. The minimum Gasteiger partial charge on any atom is -0.326 e. The van der Waals surface area contributed by atoms with Gasteiger partial charge in [0.1, 0.15) is 0 Å². The fourth-order valence-electron chi connectivity index (χ4n) is 1.84. The van der Waals surface area contributed by atoms with Crippen LogP contribution < -0.4 is 5.73 Å². The molecule has 1 heterocycles. The highest BCUT2D eigenvalue weighted by molar-refractivity contribution is 7.19. The molecule has 14 heavy (non-hydrogen) atoms. The summed E-state index contributed by atoms with van der Waals surface area (Å²) in [6.45, 7) is 2.89. The third-order valence-electron chi connectivity index (χ3n) is 2.47. The molecule has 0 aliphatic carbocycles. The monoisotopic (exact) mass is 205 g/mol. The largest absolute Gasteiger partial charge is 0.326 e. The Morgan fingerprint density at radius 3 is 2.79 bits per heavy atom. The standard InChI is InChI=1S/C12H15NS/c1-2-5-9-10-6-3-4-7-11(10)14-12(9)8-13/h3-4,6-7H,2,5,8,13H2,1H3. The van der Waals surface area contributed by atoms with Crippen molar-refractivity contribution in [2.24, 2.45) is 5.73 Å². The maximum absolute atomic E-state index is 5.76. The summed E-state index contributed by atoms with van der Waals surface area (Å²) in [4.78, 5) is 1.35. The molecule has 2 heteroatoms. The van der Waals surface area contributed by atoms with Crippen LogP contribution in [0.1, 0.15) is 23.8 Å². The van der Waals surface area contributed by atoms with E-state index in [1.165, 1.54) is 26.9 Å². The Balaban J connectivity index is 2.61. The van der Waals surface area contributed by atoms with Crippen LogP contribution in [0, 0.1) is 0 Å². The predicted molar refractivity (Wildman–Crippen MR) is 63.7 cm³/mol. The minimum atomic E-state index is 0.675. The van der Waals surface area contributed by atoms with Crippen molar-refractivity contribution in [3.63, 3.8) is 0 Å². The molecule has 0 spiro atoms. The SMILES string of the molecule is CCCc1c(CN)sc2ccccc12. The molecule has 0 unspecified atom stereocenters. The molecular formula is C12H15NS. The Morgan fingerprint density at radius 1 is 1.29 bits per heavy atom. The molecule has 0 aliphatic heterocycles. The number of thiophene rings is 1. The van der Waals surface area contributed by atoms with E-state index in [2.05, 4.69) is 31.2 Å². The molecule has 2 N–H and O–H groups in total. The van der Waals surface area contributed by atoms with Crippen molar-refractivity contribution < 1.29 is 0 Å². The van der Waals surface area contributed by atoms with Gasteiger partial charge in [0.15, 0.2) is 0 Å². The van der Waals surface area contributed by atoms with Gasteiger partial charge < -0.3 is 5.73 Å². The average molecular weight is 205 g/mol. The maximum atomic E-state index is 5.76. The summed E-state index contributed by atoms with van der Waals surface area (Å²) >= 11 is 1.84. The average Bonchev–Trinajstić information content (AvgIpc) is 2.58. The zero-order chi connectivity index (χ0) is 9.97. The molecule has 0 fully saturated rings. The number of aryl methyl sites for hydroxylation is 1. The van der Waals surface area contributed by atoms with Crippen molar-refractivity contribution in [3.8, 4) is 0 Å². The summed E-state index contributed by atoms with van der Waals surface area (Å²) in [7, 11) is 0. The number of hydrogen-bond donors (Lipinski definition) is 1. The molecule has 0 radical (unpaired) electrons. The zero-order valence-electron chi connectivity index (χ0n) is 8.42. The lowest BCUT2D eigenvalue weighted by Gasteiger charge is -1.99. The highest BCUT2D eigenvalue weighted by Crippen LogP contribution is 2.31. The topological polar surface area (TPSA) is 26.0 Å². The van der Waals surface area contributed by atoms with Crippen LogP contribution in [0.4, 0.5) is 0 Å². The van der Waals surface area contributed by atoms with Crippen LogP contribution in [0.2, 0.25) is 0 Å². The van der Waals surface area contributed by atoms with Crippen molar-refractivity contribution in [2.45, 2.75) is 26.3 Å². The Morgan fingerprint density at radius 2 is 2.07 bits per heavy atom. The van der Waals surface area contributed by atoms with Crippen LogP contribution in [0.5, 0.6) is 0 Å². The van der Waals surface area contributed by atoms with E-state index in [1.54, 1.807) is 0 Å². The van der Waals surface area contributed by atoms with Gasteiger partial charge in [0.2, 0.25) is 0 Å². The van der Waals surface area contributed by atoms with Crippen molar-refractivity contribution in [1.82, 2.24) is 0 Å². The van der Waals surface area contributed by atoms with E-state index in [4.69, 9.17) is 5.73 Å². The Hall–Kier alpha value is -0.860. The maximum Gasteiger partial charge on any atom is 0.0349 e. The Kier molecular flexibility index (Phi) is 2.85. The number of nitrogens with two attached hydrogens (primary N) is 1. The fraction of sp³-hybridized carbons (Fsp3) is 0.333. The molecule has 2 rings (SSSR count). The number of fused-ring (bicyclic) bond motifs is 1. The van der Waals surface area contributed by atoms with Crippen molar-refractivity contribution in [3.05, 3.63) is 34.7 Å². The normalized spacial score (nSPS) is 11.0. The minimum absolute atomic E-state index is 0.675. The van der Waals surface area contributed by atoms with Gasteiger partial charge in [-0.2, -0.15) is 0 Å². The van der Waals surface area contributed by atoms with E-state index in [1.807, 2.05) is 11.3 Å². The lowest BCUT2D eigenvalue weighted by Crippen LogP contribution is -1.97. The van der Waals surface area contributed by atoms with E-state index < -0.39 is 0 Å². The van der Waals surface area contributed by atoms with Crippen molar-refractivity contribution in [2.75, 3.05) is 0 Å². The Bertz CT molecular complexity index is 431. The van der Waals surface area contributed by atoms with Crippen LogP contribution in [0.15, 0.2) is 24.3 Å². The first-order valence-electron chi connectivity index (χ1n) is 5.06. The lowest BCUT2D eigenvalue weighted by molar-refractivity contribution is 0.912. The van der Waals surface area contributed by atoms with Gasteiger partial charge in [-0.25, -0.2) is 0 Å². The molecule has 74 valence electrons. The first kappa shape index (κ1) is 9.69. The number of hydrogen-bond acceptors (Lipinski definition) is 2. The summed E-state index contributed by atoms with van der Waals surface area (Å²) in [6, 6.07) is 8.58. The summed E-state index contributed by atoms with van der Waals surface area (Å²) in [6.07, 6.45) is 2.34. The van der Waals surface area contributed by atoms with Gasteiger partial charge in [-0.3, -0.25) is 0 Å². The van der Waals surface area contributed by atoms with E-state index >= 15 is 0 Å². The van der Waals surface area contributed by atoms with Gasteiger partial charge in [0.25, 0.3) is 0 Å². The highest BCUT2D eigenvalue weighted by Gasteiger charge is 2.08. The molecule has 2 aromatic rings. The third-order valence-corrected chi connectivity index (χ3v) is 3.70. The van der Waals surface area contributed by atoms with E-state index in [-0.39, 0.29) is 0 Å². The lowest BCUT2D eigenvalue weighted by atomic mass is 10.1. The Labute approximate surface area is 88.6 Å². The van der Waals surface area contributed by atoms with Gasteiger partial charge in [0.05, 0.1) is 0 Å². The first-order valence-corrected chi connectivity index (χ1v) is 5.87. The van der Waals surface area contributed by atoms with Gasteiger partial charge >= 0.3 is 0 Å². The van der Waals surface area contributed by atoms with Crippen LogP contribution >= 0.6 is 11.3 Å². The molecule has 0 saturated heterocycles. The third kappa shape index (κ3) is 1.56. The van der Waals surface area contributed by atoms with Gasteiger partial charge in [-0.1, -0.05) is 31.5 Å². The molecule has 0 aliphatic rings. The molecule has 1 aromatic carbocycles. The van der Waals surface area contributed by atoms with Crippen LogP contribution in [-0.2, 0) is 13.0 Å². The quantitative estimate of drug-likeness (QED) is 0.817. The van der Waals surface area contributed by atoms with Gasteiger partial charge in [0, 0.05) is 16.1 Å². The van der Waals surface area contributed by atoms with E-state index in [9.17, 15) is 0 Å². The van der Waals surface area contributed by atoms with Gasteiger partial charge in [-0.05, 0) is 23.4 Å². The second kappa shape index (κ2) is 4.11. The van der Waals surface area contributed by atoms with E-state index in [0.29, 0.717) is 6.54 Å². The molecule has 1 aromatic heterocycles. The summed E-state index contributed by atoms with van der Waals surface area (Å²) in [5.74, 6) is 0. The first-order chi connectivity index (χ1) is 6.86. The second-order valence-electron chi connectivity index (χ2n) is 3.45. The summed E-state index contributed by atoms with van der Waals surface area (Å²) in [5.41, 5.74) is 7.22. The summed E-state index contributed by atoms with van der Waals surface area (Å²) < 4.78 is 1.37. The van der Waals surface area contributed by atoms with Crippen molar-refractivity contribution >= 4 is 21.4 Å². The molecule has 0 amide bonds. The second-order valence-corrected chi connectivity index (χ2v) is 4.59. The highest BCUT2D eigenvalue weighted by atomic mass is 32.1. The molecule has 0 saturated carbocycles. The molecule has 0 bridgehead atoms. The molecule has 1 nitrogen and oxygen atoms in total. The van der Waals surface area contributed by atoms with Crippen LogP contribution in [0.25, 0.3) is 10.1 Å². The van der Waals surface area contributed by atoms with Crippen LogP contribution in [0.3, 0.4) is 0 Å². The van der Waals surface area contributed by atoms with E-state index in [0.717, 1.165) is 6.42 Å². The number of rotatable bonds is 3. The number of benzene rings is 1. The van der Waals surface area contributed by atoms with Crippen molar-refractivity contribution in [1.29, 1.82) is 0 Å². The predicted octanol–water partition coefficient (Wildman–Crippen LogP) is 3.31. The molecule has 0 atom stereocenters. The smallest absolute Gasteiger partial charge is 0.0349 e. The van der Waals surface area contributed by atoms with Gasteiger partial charge in [-0.15, -0.1) is 11.3 Å².